The smallest absolute Gasteiger partial charge is 0.313 e. The molecule has 2 N–H and O–H groups in total. The van der Waals surface area contributed by atoms with Crippen molar-refractivity contribution < 1.29 is 23.9 Å². The van der Waals surface area contributed by atoms with Crippen molar-refractivity contribution in [2.24, 2.45) is 17.6 Å². The molecule has 36 heavy (non-hydrogen) atoms. The van der Waals surface area contributed by atoms with Gasteiger partial charge in [-0.2, -0.15) is 0 Å². The number of hydrogen-bond acceptors (Lipinski definition) is 5. The van der Waals surface area contributed by atoms with Gasteiger partial charge in [-0.1, -0.05) is 111 Å². The van der Waals surface area contributed by atoms with Crippen LogP contribution in [0.4, 0.5) is 0 Å². The van der Waals surface area contributed by atoms with Gasteiger partial charge in [-0.05, 0) is 31.6 Å². The molecule has 0 bridgehead atoms. The molecule has 1 aliphatic heterocycles. The number of carbonyl (C=O) groups is 3. The fourth-order valence-electron chi connectivity index (χ4n) is 4.70. The highest BCUT2D eigenvalue weighted by Crippen LogP contribution is 2.32. The Kier molecular flexibility index (Phi) is 22.7. The number of hydrogen-bond donors (Lipinski definition) is 1. The number of cyclic esters (lactones) is 1. The molecule has 0 saturated carbocycles. The molecule has 1 fully saturated rings. The number of esters is 2. The molecule has 6 heteroatoms. The van der Waals surface area contributed by atoms with Gasteiger partial charge in [0.25, 0.3) is 0 Å². The van der Waals surface area contributed by atoms with E-state index in [1.165, 1.54) is 77.0 Å². The molecule has 0 aromatic rings. The number of rotatable bonds is 22. The molecule has 1 amide bonds. The summed E-state index contributed by atoms with van der Waals surface area (Å²) >= 11 is 0. The van der Waals surface area contributed by atoms with Gasteiger partial charge < -0.3 is 15.2 Å². The lowest BCUT2D eigenvalue weighted by molar-refractivity contribution is -0.190. The lowest BCUT2D eigenvalue weighted by Crippen LogP contribution is -2.47. The lowest BCUT2D eigenvalue weighted by atomic mass is 9.86. The number of unbranched alkanes of at least 4 members (excludes halogenated alkanes) is 12. The predicted molar refractivity (Wildman–Crippen MR) is 147 cm³/mol. The summed E-state index contributed by atoms with van der Waals surface area (Å²) in [6.45, 7) is 8.72. The monoisotopic (exact) mass is 511 g/mol. The van der Waals surface area contributed by atoms with E-state index in [4.69, 9.17) is 14.3 Å². The quantitative estimate of drug-likeness (QED) is 0.0914. The molecule has 6 nitrogen and oxygen atoms in total. The highest BCUT2D eigenvalue weighted by Gasteiger charge is 2.43. The van der Waals surface area contributed by atoms with Crippen LogP contribution in [0.5, 0.6) is 0 Å². The van der Waals surface area contributed by atoms with Crippen molar-refractivity contribution >= 4 is 18.3 Å². The summed E-state index contributed by atoms with van der Waals surface area (Å²) in [7, 11) is 0. The highest BCUT2D eigenvalue weighted by atomic mass is 16.6. The Morgan fingerprint density at radius 1 is 0.889 bits per heavy atom. The van der Waals surface area contributed by atoms with E-state index in [1.54, 1.807) is 0 Å². The molecule has 0 aromatic carbocycles. The molecular formula is C30H57NO5. The fourth-order valence-corrected chi connectivity index (χ4v) is 4.70. The van der Waals surface area contributed by atoms with E-state index >= 15 is 0 Å². The van der Waals surface area contributed by atoms with Gasteiger partial charge >= 0.3 is 11.9 Å². The Hall–Kier alpha value is -1.59. The normalized spacial score (nSPS) is 17.5. The minimum Gasteiger partial charge on any atom is -0.462 e. The van der Waals surface area contributed by atoms with Crippen LogP contribution in [0.15, 0.2) is 0 Å². The minimum absolute atomic E-state index is 0.00595. The maximum Gasteiger partial charge on any atom is 0.313 e. The third-order valence-electron chi connectivity index (χ3n) is 6.99. The first-order valence-corrected chi connectivity index (χ1v) is 14.9. The van der Waals surface area contributed by atoms with Gasteiger partial charge in [-0.3, -0.25) is 14.4 Å². The molecule has 0 aromatic heterocycles. The highest BCUT2D eigenvalue weighted by molar-refractivity contribution is 5.78. The summed E-state index contributed by atoms with van der Waals surface area (Å²) in [6, 6.07) is 0. The molecule has 0 spiro atoms. The van der Waals surface area contributed by atoms with Crippen molar-refractivity contribution in [1.82, 2.24) is 0 Å². The Morgan fingerprint density at radius 2 is 1.39 bits per heavy atom. The zero-order valence-corrected chi connectivity index (χ0v) is 23.9. The van der Waals surface area contributed by atoms with E-state index < -0.39 is 0 Å². The first-order valence-electron chi connectivity index (χ1n) is 14.9. The van der Waals surface area contributed by atoms with Crippen molar-refractivity contribution in [1.29, 1.82) is 0 Å². The zero-order valence-electron chi connectivity index (χ0n) is 23.9. The average molecular weight is 512 g/mol. The van der Waals surface area contributed by atoms with E-state index in [0.717, 1.165) is 32.1 Å². The van der Waals surface area contributed by atoms with Gasteiger partial charge in [0.1, 0.15) is 12.2 Å². The van der Waals surface area contributed by atoms with Gasteiger partial charge in [-0.15, -0.1) is 0 Å². The van der Waals surface area contributed by atoms with Crippen molar-refractivity contribution in [3.8, 4) is 0 Å². The zero-order chi connectivity index (χ0) is 27.0. The SMILES string of the molecule is CCCCCCCCCCCC[C@@H](C[C@@H]1OC(=O)[C@H]1CCCCCC)OC(=O)CCC(C)C.NC=O. The average Bonchev–Trinajstić information content (AvgIpc) is 2.83. The van der Waals surface area contributed by atoms with Crippen molar-refractivity contribution in [3.63, 3.8) is 0 Å². The van der Waals surface area contributed by atoms with Crippen LogP contribution in [0.1, 0.15) is 150 Å². The first kappa shape index (κ1) is 34.4. The second-order valence-corrected chi connectivity index (χ2v) is 10.8. The minimum atomic E-state index is -0.116. The third-order valence-corrected chi connectivity index (χ3v) is 6.99. The van der Waals surface area contributed by atoms with E-state index in [-0.39, 0.29) is 36.5 Å². The van der Waals surface area contributed by atoms with Crippen molar-refractivity contribution in [2.75, 3.05) is 0 Å². The fraction of sp³-hybridized carbons (Fsp3) is 0.900. The Labute approximate surface area is 221 Å². The number of ether oxygens (including phenoxy) is 2. The van der Waals surface area contributed by atoms with Crippen LogP contribution in [-0.2, 0) is 23.9 Å². The number of primary amides is 1. The molecule has 212 valence electrons. The summed E-state index contributed by atoms with van der Waals surface area (Å²) in [5, 5.41) is 0. The van der Waals surface area contributed by atoms with Gasteiger partial charge in [0.05, 0.1) is 5.92 Å². The molecule has 1 heterocycles. The molecule has 0 unspecified atom stereocenters. The van der Waals surface area contributed by atoms with Crippen LogP contribution in [0.2, 0.25) is 0 Å². The van der Waals surface area contributed by atoms with Crippen LogP contribution < -0.4 is 5.73 Å². The van der Waals surface area contributed by atoms with Crippen LogP contribution >= 0.6 is 0 Å². The Bertz CT molecular complexity index is 551. The van der Waals surface area contributed by atoms with Crippen molar-refractivity contribution in [2.45, 2.75) is 162 Å². The standard InChI is InChI=1S/C29H54O4.CH3NO/c1-5-7-9-11-12-13-14-15-16-17-19-25(32-28(30)22-21-24(3)4)23-27-26(29(31)33-27)20-18-10-8-6-2;2-1-3/h24-27H,5-23H2,1-4H3;1H,(H2,2,3)/t25-,26-,27-;/m0./s1. The lowest BCUT2D eigenvalue weighted by Gasteiger charge is -2.37. The van der Waals surface area contributed by atoms with E-state index in [1.807, 2.05) is 0 Å². The van der Waals surface area contributed by atoms with Gasteiger partial charge in [0.2, 0.25) is 6.41 Å². The molecule has 1 aliphatic rings. The van der Waals surface area contributed by atoms with Crippen LogP contribution in [-0.4, -0.2) is 30.6 Å². The molecule has 0 radical (unpaired) electrons. The second kappa shape index (κ2) is 23.8. The van der Waals surface area contributed by atoms with E-state index in [0.29, 0.717) is 18.8 Å². The van der Waals surface area contributed by atoms with Crippen molar-refractivity contribution in [3.05, 3.63) is 0 Å². The maximum atomic E-state index is 12.4. The van der Waals surface area contributed by atoms with Gasteiger partial charge in [0.15, 0.2) is 0 Å². The predicted octanol–water partition coefficient (Wildman–Crippen LogP) is 7.65. The topological polar surface area (TPSA) is 95.7 Å². The number of amides is 1. The van der Waals surface area contributed by atoms with Gasteiger partial charge in [0, 0.05) is 12.8 Å². The summed E-state index contributed by atoms with van der Waals surface area (Å²) < 4.78 is 11.4. The second-order valence-electron chi connectivity index (χ2n) is 10.8. The van der Waals surface area contributed by atoms with Crippen LogP contribution in [0, 0.1) is 11.8 Å². The van der Waals surface area contributed by atoms with E-state index in [2.05, 4.69) is 33.4 Å². The molecule has 1 rings (SSSR count). The Balaban J connectivity index is 0.00000387. The molecule has 3 atom stereocenters. The number of carbonyl (C=O) groups excluding carboxylic acids is 3. The summed E-state index contributed by atoms with van der Waals surface area (Å²) in [5.74, 6) is 0.357. The van der Waals surface area contributed by atoms with E-state index in [9.17, 15) is 9.59 Å². The van der Waals surface area contributed by atoms with Gasteiger partial charge in [-0.25, -0.2) is 0 Å². The maximum absolute atomic E-state index is 12.4. The van der Waals surface area contributed by atoms with Crippen LogP contribution in [0.3, 0.4) is 0 Å². The number of nitrogens with two attached hydrogens (primary N) is 1. The molecule has 0 aliphatic carbocycles. The van der Waals surface area contributed by atoms with Crippen LogP contribution in [0.25, 0.3) is 0 Å². The molecule has 1 saturated heterocycles. The largest absolute Gasteiger partial charge is 0.462 e. The summed E-state index contributed by atoms with van der Waals surface area (Å²) in [5.41, 5.74) is 4.17. The summed E-state index contributed by atoms with van der Waals surface area (Å²) in [6.07, 6.45) is 21.6. The Morgan fingerprint density at radius 3 is 1.89 bits per heavy atom. The molecular weight excluding hydrogens is 454 g/mol. The summed E-state index contributed by atoms with van der Waals surface area (Å²) in [4.78, 5) is 33.0. The first-order chi connectivity index (χ1) is 17.4. The third kappa shape index (κ3) is 18.6.